The van der Waals surface area contributed by atoms with Gasteiger partial charge in [-0.1, -0.05) is 17.9 Å². The Morgan fingerprint density at radius 1 is 1.38 bits per heavy atom. The van der Waals surface area contributed by atoms with Gasteiger partial charge in [0, 0.05) is 18.3 Å². The highest BCUT2D eigenvalue weighted by atomic mass is 16.2. The number of hydrogen-bond acceptors (Lipinski definition) is 3. The molecule has 0 aliphatic heterocycles. The fourth-order valence-electron chi connectivity index (χ4n) is 1.99. The van der Waals surface area contributed by atoms with Crippen LogP contribution in [0.5, 0.6) is 0 Å². The SMILES string of the molecule is Cc1cc(C(=O)Nc2ccc(C)c(C#CCO)c2)n(C)n1. The molecule has 0 aliphatic rings. The summed E-state index contributed by atoms with van der Waals surface area (Å²) in [7, 11) is 1.73. The molecule has 2 rings (SSSR count). The number of amides is 1. The van der Waals surface area contributed by atoms with E-state index in [1.165, 1.54) is 0 Å². The number of anilines is 1. The summed E-state index contributed by atoms with van der Waals surface area (Å²) in [5, 5.41) is 15.7. The van der Waals surface area contributed by atoms with Crippen molar-refractivity contribution in [3.05, 3.63) is 46.8 Å². The number of rotatable bonds is 2. The van der Waals surface area contributed by atoms with Crippen LogP contribution in [0.1, 0.15) is 27.3 Å². The van der Waals surface area contributed by atoms with Gasteiger partial charge in [-0.3, -0.25) is 9.48 Å². The topological polar surface area (TPSA) is 67.2 Å². The molecule has 1 aromatic heterocycles. The van der Waals surface area contributed by atoms with Gasteiger partial charge in [-0.25, -0.2) is 0 Å². The Kier molecular flexibility index (Phi) is 4.41. The summed E-state index contributed by atoms with van der Waals surface area (Å²) in [5.74, 6) is 5.25. The predicted molar refractivity (Wildman–Crippen MR) is 81.0 cm³/mol. The molecule has 0 spiro atoms. The van der Waals surface area contributed by atoms with Gasteiger partial charge >= 0.3 is 0 Å². The molecular formula is C16H17N3O2. The maximum atomic E-state index is 12.2. The van der Waals surface area contributed by atoms with E-state index in [9.17, 15) is 4.79 Å². The van der Waals surface area contributed by atoms with Crippen molar-refractivity contribution in [1.29, 1.82) is 0 Å². The molecule has 0 unspecified atom stereocenters. The van der Waals surface area contributed by atoms with Gasteiger partial charge in [0.05, 0.1) is 5.69 Å². The van der Waals surface area contributed by atoms with E-state index in [0.29, 0.717) is 11.4 Å². The first-order chi connectivity index (χ1) is 10.0. The summed E-state index contributed by atoms with van der Waals surface area (Å²) < 4.78 is 1.55. The highest BCUT2D eigenvalue weighted by Gasteiger charge is 2.12. The average molecular weight is 283 g/mol. The van der Waals surface area contributed by atoms with Crippen molar-refractivity contribution < 1.29 is 9.90 Å². The summed E-state index contributed by atoms with van der Waals surface area (Å²) in [6.45, 7) is 3.58. The van der Waals surface area contributed by atoms with E-state index in [-0.39, 0.29) is 12.5 Å². The number of hydrogen-bond donors (Lipinski definition) is 2. The van der Waals surface area contributed by atoms with E-state index in [0.717, 1.165) is 16.8 Å². The molecule has 1 amide bonds. The molecule has 1 heterocycles. The van der Waals surface area contributed by atoms with Crippen LogP contribution in [0.2, 0.25) is 0 Å². The van der Waals surface area contributed by atoms with Crippen LogP contribution < -0.4 is 5.32 Å². The molecule has 2 N–H and O–H groups in total. The Morgan fingerprint density at radius 3 is 2.76 bits per heavy atom. The van der Waals surface area contributed by atoms with Crippen LogP contribution in [-0.4, -0.2) is 27.4 Å². The van der Waals surface area contributed by atoms with Crippen molar-refractivity contribution in [3.63, 3.8) is 0 Å². The summed E-state index contributed by atoms with van der Waals surface area (Å²) >= 11 is 0. The first-order valence-electron chi connectivity index (χ1n) is 6.53. The lowest BCUT2D eigenvalue weighted by molar-refractivity contribution is 0.101. The molecule has 0 atom stereocenters. The van der Waals surface area contributed by atoms with Gasteiger partial charge in [-0.2, -0.15) is 5.10 Å². The number of nitrogens with one attached hydrogen (secondary N) is 1. The standard InChI is InChI=1S/C16H17N3O2/c1-11-6-7-14(10-13(11)5-4-8-20)17-16(21)15-9-12(2)18-19(15)3/h6-7,9-10,20H,8H2,1-3H3,(H,17,21). The zero-order chi connectivity index (χ0) is 15.4. The van der Waals surface area contributed by atoms with Crippen LogP contribution in [0.3, 0.4) is 0 Å². The number of nitrogens with zero attached hydrogens (tertiary/aromatic N) is 2. The zero-order valence-corrected chi connectivity index (χ0v) is 12.3. The maximum absolute atomic E-state index is 12.2. The quantitative estimate of drug-likeness (QED) is 0.823. The average Bonchev–Trinajstić information content (AvgIpc) is 2.78. The Bertz CT molecular complexity index is 736. The largest absolute Gasteiger partial charge is 0.384 e. The molecule has 1 aromatic carbocycles. The van der Waals surface area contributed by atoms with Crippen molar-refractivity contribution in [1.82, 2.24) is 9.78 Å². The number of carbonyl (C=O) groups excluding carboxylic acids is 1. The second-order valence-electron chi connectivity index (χ2n) is 4.74. The third kappa shape index (κ3) is 3.50. The Morgan fingerprint density at radius 2 is 2.14 bits per heavy atom. The van der Waals surface area contributed by atoms with Crippen LogP contribution >= 0.6 is 0 Å². The van der Waals surface area contributed by atoms with Gasteiger partial charge in [0.25, 0.3) is 5.91 Å². The van der Waals surface area contributed by atoms with E-state index >= 15 is 0 Å². The molecular weight excluding hydrogens is 266 g/mol. The lowest BCUT2D eigenvalue weighted by Gasteiger charge is -2.07. The predicted octanol–water partition coefficient (Wildman–Crippen LogP) is 1.63. The zero-order valence-electron chi connectivity index (χ0n) is 12.3. The molecule has 5 heteroatoms. The molecule has 0 aliphatic carbocycles. The Hall–Kier alpha value is -2.58. The number of carbonyl (C=O) groups is 1. The normalized spacial score (nSPS) is 9.90. The third-order valence-electron chi connectivity index (χ3n) is 3.03. The molecule has 0 saturated carbocycles. The number of aryl methyl sites for hydroxylation is 3. The van der Waals surface area contributed by atoms with E-state index < -0.39 is 0 Å². The number of aliphatic hydroxyl groups is 1. The van der Waals surface area contributed by atoms with Gasteiger partial charge in [-0.05, 0) is 37.6 Å². The van der Waals surface area contributed by atoms with Crippen molar-refractivity contribution in [2.75, 3.05) is 11.9 Å². The van der Waals surface area contributed by atoms with Crippen LogP contribution in [0, 0.1) is 25.7 Å². The summed E-state index contributed by atoms with van der Waals surface area (Å²) in [5.41, 5.74) is 3.72. The highest BCUT2D eigenvalue weighted by Crippen LogP contribution is 2.15. The first kappa shape index (κ1) is 14.8. The van der Waals surface area contributed by atoms with Crippen LogP contribution in [0.25, 0.3) is 0 Å². The van der Waals surface area contributed by atoms with Crippen molar-refractivity contribution in [2.45, 2.75) is 13.8 Å². The lowest BCUT2D eigenvalue weighted by atomic mass is 10.1. The van der Waals surface area contributed by atoms with E-state index in [1.807, 2.05) is 26.0 Å². The van der Waals surface area contributed by atoms with Crippen LogP contribution in [0.4, 0.5) is 5.69 Å². The minimum atomic E-state index is -0.219. The molecule has 21 heavy (non-hydrogen) atoms. The second-order valence-corrected chi connectivity index (χ2v) is 4.74. The minimum Gasteiger partial charge on any atom is -0.384 e. The molecule has 108 valence electrons. The second kappa shape index (κ2) is 6.25. The smallest absolute Gasteiger partial charge is 0.273 e. The van der Waals surface area contributed by atoms with Gasteiger partial charge in [0.15, 0.2) is 0 Å². The molecule has 0 saturated heterocycles. The monoisotopic (exact) mass is 283 g/mol. The molecule has 2 aromatic rings. The van der Waals surface area contributed by atoms with Crippen molar-refractivity contribution in [3.8, 4) is 11.8 Å². The van der Waals surface area contributed by atoms with Gasteiger partial charge in [0.2, 0.25) is 0 Å². The minimum absolute atomic E-state index is 0.190. The van der Waals surface area contributed by atoms with Crippen LogP contribution in [-0.2, 0) is 7.05 Å². The number of aromatic nitrogens is 2. The molecule has 0 bridgehead atoms. The number of aliphatic hydroxyl groups excluding tert-OH is 1. The van der Waals surface area contributed by atoms with E-state index in [1.54, 1.807) is 23.9 Å². The summed E-state index contributed by atoms with van der Waals surface area (Å²) in [6, 6.07) is 7.22. The van der Waals surface area contributed by atoms with Crippen molar-refractivity contribution >= 4 is 11.6 Å². The first-order valence-corrected chi connectivity index (χ1v) is 6.53. The highest BCUT2D eigenvalue weighted by molar-refractivity contribution is 6.03. The van der Waals surface area contributed by atoms with Gasteiger partial charge in [0.1, 0.15) is 12.3 Å². The van der Waals surface area contributed by atoms with Gasteiger partial charge in [-0.15, -0.1) is 0 Å². The molecule has 0 fully saturated rings. The molecule has 0 radical (unpaired) electrons. The Labute approximate surface area is 123 Å². The van der Waals surface area contributed by atoms with Gasteiger partial charge < -0.3 is 10.4 Å². The lowest BCUT2D eigenvalue weighted by Crippen LogP contribution is -2.16. The Balaban J connectivity index is 2.23. The number of benzene rings is 1. The van der Waals surface area contributed by atoms with Crippen LogP contribution in [0.15, 0.2) is 24.3 Å². The summed E-state index contributed by atoms with van der Waals surface area (Å²) in [6.07, 6.45) is 0. The van der Waals surface area contributed by atoms with E-state index in [4.69, 9.17) is 5.11 Å². The fourth-order valence-corrected chi connectivity index (χ4v) is 1.99. The molecule has 5 nitrogen and oxygen atoms in total. The fraction of sp³-hybridized carbons (Fsp3) is 0.250. The maximum Gasteiger partial charge on any atom is 0.273 e. The van der Waals surface area contributed by atoms with E-state index in [2.05, 4.69) is 22.3 Å². The van der Waals surface area contributed by atoms with Crippen molar-refractivity contribution in [2.24, 2.45) is 7.05 Å². The summed E-state index contributed by atoms with van der Waals surface area (Å²) in [4.78, 5) is 12.2. The third-order valence-corrected chi connectivity index (χ3v) is 3.03.